The summed E-state index contributed by atoms with van der Waals surface area (Å²) in [7, 11) is 0. The summed E-state index contributed by atoms with van der Waals surface area (Å²) in [5.74, 6) is -2.06. The number of benzene rings is 2. The van der Waals surface area contributed by atoms with E-state index in [1.54, 1.807) is 19.1 Å². The van der Waals surface area contributed by atoms with Crippen molar-refractivity contribution < 1.29 is 14.7 Å². The summed E-state index contributed by atoms with van der Waals surface area (Å²) < 4.78 is 0. The predicted octanol–water partition coefficient (Wildman–Crippen LogP) is 3.09. The molecule has 5 heteroatoms. The summed E-state index contributed by atoms with van der Waals surface area (Å²) in [6.07, 6.45) is 0.0691. The number of carbonyl (C=O) groups is 2. The number of hydrogen-bond donors (Lipinski definition) is 2. The highest BCUT2D eigenvalue weighted by Crippen LogP contribution is 2.19. The SMILES string of the molecule is C[C@H](C#N)C[C@@H](NC(=O)c1ccc(-c2ccccc2)cc1)C(=O)O. The van der Waals surface area contributed by atoms with Crippen LogP contribution in [0.3, 0.4) is 0 Å². The maximum Gasteiger partial charge on any atom is 0.326 e. The first-order chi connectivity index (χ1) is 11.5. The second-order valence-electron chi connectivity index (χ2n) is 5.57. The van der Waals surface area contributed by atoms with Crippen LogP contribution in [0.2, 0.25) is 0 Å². The van der Waals surface area contributed by atoms with E-state index >= 15 is 0 Å². The summed E-state index contributed by atoms with van der Waals surface area (Å²) >= 11 is 0. The van der Waals surface area contributed by atoms with Gasteiger partial charge in [0.05, 0.1) is 6.07 Å². The minimum Gasteiger partial charge on any atom is -0.480 e. The van der Waals surface area contributed by atoms with Crippen LogP contribution < -0.4 is 5.32 Å². The minimum absolute atomic E-state index is 0.0691. The summed E-state index contributed by atoms with van der Waals surface area (Å²) in [5.41, 5.74) is 2.39. The molecule has 0 spiro atoms. The Kier molecular flexibility index (Phi) is 5.69. The number of carboxylic acid groups (broad SMARTS) is 1. The summed E-state index contributed by atoms with van der Waals surface area (Å²) in [4.78, 5) is 23.5. The molecular formula is C19H18N2O3. The maximum atomic E-state index is 12.2. The lowest BCUT2D eigenvalue weighted by molar-refractivity contribution is -0.139. The molecule has 0 aromatic heterocycles. The fourth-order valence-electron chi connectivity index (χ4n) is 2.31. The predicted molar refractivity (Wildman–Crippen MR) is 90.2 cm³/mol. The van der Waals surface area contributed by atoms with E-state index in [2.05, 4.69) is 5.32 Å². The van der Waals surface area contributed by atoms with Crippen molar-refractivity contribution in [3.8, 4) is 17.2 Å². The molecule has 0 saturated carbocycles. The number of nitrogens with one attached hydrogen (secondary N) is 1. The second-order valence-corrected chi connectivity index (χ2v) is 5.57. The van der Waals surface area contributed by atoms with Gasteiger partial charge >= 0.3 is 5.97 Å². The Morgan fingerprint density at radius 3 is 2.21 bits per heavy atom. The molecule has 2 aromatic carbocycles. The molecule has 0 aliphatic rings. The Balaban J connectivity index is 2.09. The standard InChI is InChI=1S/C19H18N2O3/c1-13(12-20)11-17(19(23)24)21-18(22)16-9-7-15(8-10-16)14-5-3-2-4-6-14/h2-10,13,17H,11H2,1H3,(H,21,22)(H,23,24)/t13-,17+/m0/s1. The van der Waals surface area contributed by atoms with E-state index in [1.165, 1.54) is 0 Å². The largest absolute Gasteiger partial charge is 0.480 e. The van der Waals surface area contributed by atoms with E-state index < -0.39 is 23.8 Å². The fraction of sp³-hybridized carbons (Fsp3) is 0.211. The van der Waals surface area contributed by atoms with E-state index in [4.69, 9.17) is 5.26 Å². The first-order valence-electron chi connectivity index (χ1n) is 7.60. The molecule has 2 rings (SSSR count). The Bertz CT molecular complexity index is 748. The molecule has 2 aromatic rings. The van der Waals surface area contributed by atoms with Crippen LogP contribution in [0.4, 0.5) is 0 Å². The van der Waals surface area contributed by atoms with Crippen LogP contribution in [0.5, 0.6) is 0 Å². The van der Waals surface area contributed by atoms with Gasteiger partial charge in [0.1, 0.15) is 6.04 Å². The van der Waals surface area contributed by atoms with E-state index in [9.17, 15) is 14.7 Å². The molecule has 2 N–H and O–H groups in total. The number of amides is 1. The van der Waals surface area contributed by atoms with Crippen molar-refractivity contribution in [3.63, 3.8) is 0 Å². The molecule has 0 radical (unpaired) electrons. The van der Waals surface area contributed by atoms with Crippen LogP contribution in [-0.4, -0.2) is 23.0 Å². The van der Waals surface area contributed by atoms with Crippen molar-refractivity contribution in [2.75, 3.05) is 0 Å². The molecule has 0 heterocycles. The van der Waals surface area contributed by atoms with Gasteiger partial charge in [0.15, 0.2) is 0 Å². The molecule has 2 atom stereocenters. The van der Waals surface area contributed by atoms with Crippen LogP contribution in [0.25, 0.3) is 11.1 Å². The number of rotatable bonds is 6. The maximum absolute atomic E-state index is 12.2. The van der Waals surface area contributed by atoms with Crippen LogP contribution in [0.1, 0.15) is 23.7 Å². The molecule has 0 unspecified atom stereocenters. The van der Waals surface area contributed by atoms with Gasteiger partial charge in [-0.1, -0.05) is 42.5 Å². The van der Waals surface area contributed by atoms with Crippen molar-refractivity contribution in [3.05, 3.63) is 60.2 Å². The zero-order valence-corrected chi connectivity index (χ0v) is 13.3. The highest BCUT2D eigenvalue weighted by Gasteiger charge is 2.23. The van der Waals surface area contributed by atoms with Gasteiger partial charge in [0, 0.05) is 11.5 Å². The summed E-state index contributed by atoms with van der Waals surface area (Å²) in [6.45, 7) is 1.62. The highest BCUT2D eigenvalue weighted by molar-refractivity contribution is 5.97. The van der Waals surface area contributed by atoms with Crippen molar-refractivity contribution in [1.29, 1.82) is 5.26 Å². The first kappa shape index (κ1) is 17.2. The normalized spacial score (nSPS) is 12.7. The minimum atomic E-state index is -1.15. The van der Waals surface area contributed by atoms with Gasteiger partial charge in [-0.25, -0.2) is 4.79 Å². The van der Waals surface area contributed by atoms with Gasteiger partial charge in [-0.05, 0) is 36.6 Å². The van der Waals surface area contributed by atoms with Crippen molar-refractivity contribution in [2.24, 2.45) is 5.92 Å². The summed E-state index contributed by atoms with van der Waals surface area (Å²) in [6, 6.07) is 17.6. The number of carboxylic acids is 1. The second kappa shape index (κ2) is 7.93. The average Bonchev–Trinajstić information content (AvgIpc) is 2.61. The van der Waals surface area contributed by atoms with Crippen LogP contribution in [0, 0.1) is 17.2 Å². The lowest BCUT2D eigenvalue weighted by Gasteiger charge is -2.15. The molecule has 122 valence electrons. The van der Waals surface area contributed by atoms with Crippen LogP contribution in [0.15, 0.2) is 54.6 Å². The van der Waals surface area contributed by atoms with E-state index in [0.29, 0.717) is 5.56 Å². The van der Waals surface area contributed by atoms with E-state index in [1.807, 2.05) is 48.5 Å². The first-order valence-corrected chi connectivity index (χ1v) is 7.60. The molecule has 0 aliphatic heterocycles. The Morgan fingerprint density at radius 2 is 1.67 bits per heavy atom. The third-order valence-electron chi connectivity index (χ3n) is 3.67. The lowest BCUT2D eigenvalue weighted by Crippen LogP contribution is -2.41. The molecule has 0 aliphatic carbocycles. The quantitative estimate of drug-likeness (QED) is 0.855. The van der Waals surface area contributed by atoms with Gasteiger partial charge in [0.2, 0.25) is 0 Å². The van der Waals surface area contributed by atoms with Crippen LogP contribution in [-0.2, 0) is 4.79 Å². The van der Waals surface area contributed by atoms with Crippen molar-refractivity contribution in [2.45, 2.75) is 19.4 Å². The number of hydrogen-bond acceptors (Lipinski definition) is 3. The van der Waals surface area contributed by atoms with E-state index in [-0.39, 0.29) is 6.42 Å². The topological polar surface area (TPSA) is 90.2 Å². The van der Waals surface area contributed by atoms with Gasteiger partial charge in [-0.2, -0.15) is 5.26 Å². The van der Waals surface area contributed by atoms with Gasteiger partial charge in [-0.15, -0.1) is 0 Å². The molecule has 0 fully saturated rings. The van der Waals surface area contributed by atoms with Gasteiger partial charge in [0.25, 0.3) is 5.91 Å². The average molecular weight is 322 g/mol. The van der Waals surface area contributed by atoms with Crippen molar-refractivity contribution in [1.82, 2.24) is 5.32 Å². The van der Waals surface area contributed by atoms with Gasteiger partial charge in [-0.3, -0.25) is 4.79 Å². The molecule has 24 heavy (non-hydrogen) atoms. The monoisotopic (exact) mass is 322 g/mol. The molecule has 5 nitrogen and oxygen atoms in total. The fourth-order valence-corrected chi connectivity index (χ4v) is 2.31. The third kappa shape index (κ3) is 4.43. The lowest BCUT2D eigenvalue weighted by atomic mass is 10.0. The van der Waals surface area contributed by atoms with E-state index in [0.717, 1.165) is 11.1 Å². The number of nitriles is 1. The summed E-state index contributed by atoms with van der Waals surface area (Å²) in [5, 5.41) is 20.4. The molecular weight excluding hydrogens is 304 g/mol. The van der Waals surface area contributed by atoms with Crippen LogP contribution >= 0.6 is 0 Å². The number of carbonyl (C=O) groups excluding carboxylic acids is 1. The zero-order chi connectivity index (χ0) is 17.5. The molecule has 0 saturated heterocycles. The van der Waals surface area contributed by atoms with Crippen molar-refractivity contribution >= 4 is 11.9 Å². The Hall–Kier alpha value is -3.13. The Morgan fingerprint density at radius 1 is 1.08 bits per heavy atom. The van der Waals surface area contributed by atoms with Gasteiger partial charge < -0.3 is 10.4 Å². The zero-order valence-electron chi connectivity index (χ0n) is 13.3. The molecule has 1 amide bonds. The molecule has 0 bridgehead atoms. The number of nitrogens with zero attached hydrogens (tertiary/aromatic N) is 1. The Labute approximate surface area is 140 Å². The smallest absolute Gasteiger partial charge is 0.326 e. The number of aliphatic carboxylic acids is 1. The third-order valence-corrected chi connectivity index (χ3v) is 3.67. The highest BCUT2D eigenvalue weighted by atomic mass is 16.4.